The average molecular weight is 309 g/mol. The topological polar surface area (TPSA) is 29.3 Å². The van der Waals surface area contributed by atoms with Crippen molar-refractivity contribution in [3.63, 3.8) is 0 Å². The first-order chi connectivity index (χ1) is 10.1. The molecule has 0 aliphatic heterocycles. The minimum atomic E-state index is 0.405. The number of nitrogens with two attached hydrogens (primary N) is 1. The van der Waals surface area contributed by atoms with Crippen LogP contribution in [0, 0.1) is 11.8 Å². The van der Waals surface area contributed by atoms with Gasteiger partial charge in [0.1, 0.15) is 0 Å². The molecule has 3 unspecified atom stereocenters. The van der Waals surface area contributed by atoms with Crippen LogP contribution in [0.5, 0.6) is 0 Å². The van der Waals surface area contributed by atoms with Crippen LogP contribution in [0.25, 0.3) is 0 Å². The van der Waals surface area contributed by atoms with Crippen molar-refractivity contribution in [3.05, 3.63) is 22.4 Å². The van der Waals surface area contributed by atoms with Gasteiger partial charge in [-0.3, -0.25) is 4.90 Å². The molecule has 1 saturated carbocycles. The van der Waals surface area contributed by atoms with E-state index in [1.165, 1.54) is 37.0 Å². The summed E-state index contributed by atoms with van der Waals surface area (Å²) in [6, 6.07) is 5.40. The van der Waals surface area contributed by atoms with E-state index in [4.69, 9.17) is 5.73 Å². The Bertz CT molecular complexity index is 388. The third-order valence-corrected chi connectivity index (χ3v) is 5.85. The molecule has 3 atom stereocenters. The third-order valence-electron chi connectivity index (χ3n) is 4.99. The zero-order valence-electron chi connectivity index (χ0n) is 13.9. The molecule has 1 aromatic heterocycles. The molecule has 0 bridgehead atoms. The average Bonchev–Trinajstić information content (AvgIpc) is 2.95. The molecule has 2 rings (SSSR count). The maximum absolute atomic E-state index is 6.44. The van der Waals surface area contributed by atoms with Gasteiger partial charge in [-0.1, -0.05) is 25.8 Å². The van der Waals surface area contributed by atoms with Crippen LogP contribution in [0.3, 0.4) is 0 Å². The molecular formula is C18H32N2S. The fourth-order valence-corrected chi connectivity index (χ4v) is 4.36. The minimum absolute atomic E-state index is 0.405. The molecule has 1 heterocycles. The zero-order chi connectivity index (χ0) is 15.2. The molecular weight excluding hydrogens is 276 g/mol. The van der Waals surface area contributed by atoms with Crippen molar-refractivity contribution >= 4 is 11.3 Å². The number of hydrogen-bond acceptors (Lipinski definition) is 3. The van der Waals surface area contributed by atoms with Gasteiger partial charge in [-0.25, -0.2) is 0 Å². The van der Waals surface area contributed by atoms with Crippen LogP contribution in [0.15, 0.2) is 17.5 Å². The lowest BCUT2D eigenvalue weighted by Crippen LogP contribution is -2.44. The maximum Gasteiger partial charge on any atom is 0.0330 e. The number of nitrogens with zero attached hydrogens (tertiary/aromatic N) is 1. The highest BCUT2D eigenvalue weighted by molar-refractivity contribution is 7.09. The van der Waals surface area contributed by atoms with Gasteiger partial charge < -0.3 is 5.73 Å². The van der Waals surface area contributed by atoms with Crippen molar-refractivity contribution in [2.45, 2.75) is 71.5 Å². The van der Waals surface area contributed by atoms with Crippen LogP contribution < -0.4 is 5.73 Å². The number of rotatable bonds is 7. The van der Waals surface area contributed by atoms with Gasteiger partial charge in [-0.15, -0.1) is 11.3 Å². The molecule has 1 aliphatic rings. The lowest BCUT2D eigenvalue weighted by molar-refractivity contribution is 0.125. The molecule has 21 heavy (non-hydrogen) atoms. The molecule has 0 radical (unpaired) electrons. The van der Waals surface area contributed by atoms with E-state index in [9.17, 15) is 0 Å². The van der Waals surface area contributed by atoms with E-state index >= 15 is 0 Å². The quantitative estimate of drug-likeness (QED) is 0.803. The summed E-state index contributed by atoms with van der Waals surface area (Å²) >= 11 is 1.87. The highest BCUT2D eigenvalue weighted by Gasteiger charge is 2.29. The first kappa shape index (κ1) is 17.0. The van der Waals surface area contributed by atoms with E-state index in [0.29, 0.717) is 18.0 Å². The van der Waals surface area contributed by atoms with Gasteiger partial charge in [-0.2, -0.15) is 0 Å². The summed E-state index contributed by atoms with van der Waals surface area (Å²) in [5.74, 6) is 1.59. The number of thiophene rings is 1. The Morgan fingerprint density at radius 2 is 2.19 bits per heavy atom. The predicted molar refractivity (Wildman–Crippen MR) is 93.6 cm³/mol. The molecule has 1 aromatic rings. The molecule has 1 fully saturated rings. The number of hydrogen-bond donors (Lipinski definition) is 1. The maximum atomic E-state index is 6.44. The largest absolute Gasteiger partial charge is 0.327 e. The summed E-state index contributed by atoms with van der Waals surface area (Å²) in [6.45, 7) is 9.17. The summed E-state index contributed by atoms with van der Waals surface area (Å²) in [6.07, 6.45) is 6.60. The van der Waals surface area contributed by atoms with Crippen LogP contribution in [-0.4, -0.2) is 23.5 Å². The van der Waals surface area contributed by atoms with Gasteiger partial charge in [0.25, 0.3) is 0 Å². The molecule has 3 heteroatoms. The van der Waals surface area contributed by atoms with Crippen LogP contribution >= 0.6 is 11.3 Å². The monoisotopic (exact) mass is 308 g/mol. The van der Waals surface area contributed by atoms with Gasteiger partial charge in [0.2, 0.25) is 0 Å². The molecule has 0 amide bonds. The Balaban J connectivity index is 1.94. The van der Waals surface area contributed by atoms with E-state index in [1.54, 1.807) is 0 Å². The molecule has 1 aliphatic carbocycles. The Morgan fingerprint density at radius 3 is 2.81 bits per heavy atom. The van der Waals surface area contributed by atoms with Crippen LogP contribution in [0.4, 0.5) is 0 Å². The third kappa shape index (κ3) is 5.08. The molecule has 2 N–H and O–H groups in total. The lowest BCUT2D eigenvalue weighted by Gasteiger charge is -2.38. The summed E-state index contributed by atoms with van der Waals surface area (Å²) in [4.78, 5) is 4.09. The van der Waals surface area contributed by atoms with Crippen molar-refractivity contribution in [1.82, 2.24) is 4.90 Å². The van der Waals surface area contributed by atoms with Gasteiger partial charge in [0, 0.05) is 30.1 Å². The summed E-state index contributed by atoms with van der Waals surface area (Å²) in [5.41, 5.74) is 6.44. The van der Waals surface area contributed by atoms with E-state index in [1.807, 2.05) is 11.3 Å². The Morgan fingerprint density at radius 1 is 1.38 bits per heavy atom. The Kier molecular flexibility index (Phi) is 6.72. The van der Waals surface area contributed by atoms with Crippen LogP contribution in [0.1, 0.15) is 57.8 Å². The van der Waals surface area contributed by atoms with E-state index in [-0.39, 0.29) is 0 Å². The molecule has 2 nitrogen and oxygen atoms in total. The molecule has 0 saturated heterocycles. The fourth-order valence-electron chi connectivity index (χ4n) is 3.63. The predicted octanol–water partition coefficient (Wildman–Crippen LogP) is 4.50. The van der Waals surface area contributed by atoms with E-state index in [0.717, 1.165) is 19.0 Å². The van der Waals surface area contributed by atoms with Gasteiger partial charge in [-0.05, 0) is 56.4 Å². The van der Waals surface area contributed by atoms with E-state index < -0.39 is 0 Å². The van der Waals surface area contributed by atoms with Crippen molar-refractivity contribution in [3.8, 4) is 0 Å². The fraction of sp³-hybridized carbons (Fsp3) is 0.778. The molecule has 0 spiro atoms. The van der Waals surface area contributed by atoms with Crippen molar-refractivity contribution in [2.75, 3.05) is 6.54 Å². The van der Waals surface area contributed by atoms with E-state index in [2.05, 4.69) is 43.2 Å². The first-order valence-corrected chi connectivity index (χ1v) is 9.50. The molecule has 120 valence electrons. The second-order valence-corrected chi connectivity index (χ2v) is 8.03. The first-order valence-electron chi connectivity index (χ1n) is 8.62. The Hall–Kier alpha value is -0.380. The normalized spacial score (nSPS) is 26.7. The highest BCUT2D eigenvalue weighted by Crippen LogP contribution is 2.32. The molecule has 0 aromatic carbocycles. The standard InChI is InChI=1S/C18H32N2S/c1-4-6-15-8-9-18(19)16(11-15)12-20(14(2)3)13-17-7-5-10-21-17/h5,7,10,14-16,18H,4,6,8-9,11-13,19H2,1-3H3. The van der Waals surface area contributed by atoms with Gasteiger partial charge in [0.05, 0.1) is 0 Å². The van der Waals surface area contributed by atoms with Crippen molar-refractivity contribution in [1.29, 1.82) is 0 Å². The Labute approximate surface area is 134 Å². The zero-order valence-corrected chi connectivity index (χ0v) is 14.7. The van der Waals surface area contributed by atoms with Gasteiger partial charge in [0.15, 0.2) is 0 Å². The van der Waals surface area contributed by atoms with Crippen molar-refractivity contribution in [2.24, 2.45) is 17.6 Å². The van der Waals surface area contributed by atoms with Crippen molar-refractivity contribution < 1.29 is 0 Å². The summed E-state index contributed by atoms with van der Waals surface area (Å²) in [7, 11) is 0. The van der Waals surface area contributed by atoms with Gasteiger partial charge >= 0.3 is 0 Å². The second-order valence-electron chi connectivity index (χ2n) is 6.99. The second kappa shape index (κ2) is 8.30. The SMILES string of the molecule is CCCC1CCC(N)C(CN(Cc2cccs2)C(C)C)C1. The summed E-state index contributed by atoms with van der Waals surface area (Å²) in [5, 5.41) is 2.18. The smallest absolute Gasteiger partial charge is 0.0330 e. The lowest BCUT2D eigenvalue weighted by atomic mass is 9.76. The minimum Gasteiger partial charge on any atom is -0.327 e. The van der Waals surface area contributed by atoms with Crippen LogP contribution in [-0.2, 0) is 6.54 Å². The highest BCUT2D eigenvalue weighted by atomic mass is 32.1. The summed E-state index contributed by atoms with van der Waals surface area (Å²) < 4.78 is 0. The van der Waals surface area contributed by atoms with Crippen LogP contribution in [0.2, 0.25) is 0 Å².